The maximum atomic E-state index is 13.3. The van der Waals surface area contributed by atoms with Gasteiger partial charge < -0.3 is 4.57 Å². The maximum Gasteiger partial charge on any atom is 0.267 e. The molecule has 0 amide bonds. The number of hydrogen-bond acceptors (Lipinski definition) is 4. The molecule has 5 nitrogen and oxygen atoms in total. The molecular formula is C20H19N3O2S. The van der Waals surface area contributed by atoms with Gasteiger partial charge in [0.25, 0.3) is 5.56 Å². The maximum absolute atomic E-state index is 13.3. The Morgan fingerprint density at radius 2 is 1.88 bits per heavy atom. The van der Waals surface area contributed by atoms with Crippen molar-refractivity contribution in [2.75, 3.05) is 0 Å². The van der Waals surface area contributed by atoms with Crippen LogP contribution in [0.4, 0.5) is 0 Å². The SMILES string of the molecule is CC(C)Cn1c(-c2cccs2)nc2c(c(=O)c3ccccc3n2C)c1=O. The van der Waals surface area contributed by atoms with Crippen molar-refractivity contribution in [2.45, 2.75) is 20.4 Å². The normalized spacial score (nSPS) is 11.7. The van der Waals surface area contributed by atoms with Gasteiger partial charge in [-0.25, -0.2) is 4.98 Å². The van der Waals surface area contributed by atoms with Gasteiger partial charge in [0.2, 0.25) is 5.43 Å². The Kier molecular flexibility index (Phi) is 4.00. The lowest BCUT2D eigenvalue weighted by molar-refractivity contribution is 0.513. The van der Waals surface area contributed by atoms with Crippen molar-refractivity contribution < 1.29 is 0 Å². The van der Waals surface area contributed by atoms with Gasteiger partial charge in [0.1, 0.15) is 5.39 Å². The second kappa shape index (κ2) is 6.21. The van der Waals surface area contributed by atoms with Crippen LogP contribution in [0.3, 0.4) is 0 Å². The predicted molar refractivity (Wildman–Crippen MR) is 107 cm³/mol. The van der Waals surface area contributed by atoms with Crippen LogP contribution in [0.15, 0.2) is 51.4 Å². The zero-order valence-corrected chi connectivity index (χ0v) is 15.7. The number of para-hydroxylation sites is 1. The summed E-state index contributed by atoms with van der Waals surface area (Å²) in [5.74, 6) is 0.881. The quantitative estimate of drug-likeness (QED) is 0.521. The van der Waals surface area contributed by atoms with Gasteiger partial charge in [-0.15, -0.1) is 11.3 Å². The molecule has 0 spiro atoms. The molecule has 1 aromatic carbocycles. The van der Waals surface area contributed by atoms with Crippen molar-refractivity contribution >= 4 is 33.3 Å². The van der Waals surface area contributed by atoms with Gasteiger partial charge in [-0.05, 0) is 29.5 Å². The van der Waals surface area contributed by atoms with Crippen LogP contribution < -0.4 is 11.0 Å². The highest BCUT2D eigenvalue weighted by molar-refractivity contribution is 7.13. The molecule has 4 aromatic rings. The van der Waals surface area contributed by atoms with Gasteiger partial charge in [0.15, 0.2) is 11.5 Å². The highest BCUT2D eigenvalue weighted by atomic mass is 32.1. The summed E-state index contributed by atoms with van der Waals surface area (Å²) in [6.45, 7) is 4.62. The average molecular weight is 365 g/mol. The Bertz CT molecular complexity index is 1230. The predicted octanol–water partition coefficient (Wildman–Crippen LogP) is 3.63. The number of nitrogens with zero attached hydrogens (tertiary/aromatic N) is 3. The molecule has 0 saturated heterocycles. The number of hydrogen-bond donors (Lipinski definition) is 0. The van der Waals surface area contributed by atoms with Gasteiger partial charge in [0.05, 0.1) is 10.4 Å². The van der Waals surface area contributed by atoms with E-state index in [1.54, 1.807) is 10.6 Å². The van der Waals surface area contributed by atoms with E-state index in [9.17, 15) is 9.59 Å². The van der Waals surface area contributed by atoms with Crippen LogP contribution in [0, 0.1) is 5.92 Å². The van der Waals surface area contributed by atoms with Crippen molar-refractivity contribution in [3.63, 3.8) is 0 Å². The summed E-state index contributed by atoms with van der Waals surface area (Å²) < 4.78 is 3.49. The molecule has 0 unspecified atom stereocenters. The van der Waals surface area contributed by atoms with E-state index in [2.05, 4.69) is 0 Å². The Balaban J connectivity index is 2.22. The van der Waals surface area contributed by atoms with E-state index in [1.807, 2.05) is 61.2 Å². The molecule has 0 bridgehead atoms. The molecule has 3 heterocycles. The summed E-state index contributed by atoms with van der Waals surface area (Å²) in [7, 11) is 1.85. The second-order valence-corrected chi connectivity index (χ2v) is 7.77. The molecule has 0 saturated carbocycles. The highest BCUT2D eigenvalue weighted by Gasteiger charge is 2.19. The fourth-order valence-corrected chi connectivity index (χ4v) is 4.04. The molecule has 26 heavy (non-hydrogen) atoms. The smallest absolute Gasteiger partial charge is 0.267 e. The minimum Gasteiger partial charge on any atom is -0.328 e. The van der Waals surface area contributed by atoms with E-state index < -0.39 is 0 Å². The van der Waals surface area contributed by atoms with Crippen molar-refractivity contribution in [3.05, 3.63) is 62.4 Å². The van der Waals surface area contributed by atoms with Crippen LogP contribution in [0.1, 0.15) is 13.8 Å². The van der Waals surface area contributed by atoms with Crippen molar-refractivity contribution in [1.29, 1.82) is 0 Å². The third-order valence-corrected chi connectivity index (χ3v) is 5.36. The minimum atomic E-state index is -0.265. The Hall–Kier alpha value is -2.73. The number of benzene rings is 1. The fourth-order valence-electron chi connectivity index (χ4n) is 3.32. The summed E-state index contributed by atoms with van der Waals surface area (Å²) in [5.41, 5.74) is 0.692. The highest BCUT2D eigenvalue weighted by Crippen LogP contribution is 2.24. The summed E-state index contributed by atoms with van der Waals surface area (Å²) in [4.78, 5) is 32.0. The van der Waals surface area contributed by atoms with E-state index in [-0.39, 0.29) is 22.3 Å². The number of thiophene rings is 1. The topological polar surface area (TPSA) is 56.9 Å². The molecule has 0 fully saturated rings. The van der Waals surface area contributed by atoms with Crippen LogP contribution in [0.5, 0.6) is 0 Å². The van der Waals surface area contributed by atoms with Crippen LogP contribution >= 0.6 is 11.3 Å². The lowest BCUT2D eigenvalue weighted by atomic mass is 10.1. The van der Waals surface area contributed by atoms with E-state index in [1.165, 1.54) is 11.3 Å². The third-order valence-electron chi connectivity index (χ3n) is 4.49. The summed E-state index contributed by atoms with van der Waals surface area (Å²) in [5, 5.41) is 2.67. The summed E-state index contributed by atoms with van der Waals surface area (Å²) in [6, 6.07) is 11.2. The Labute approximate surface area is 154 Å². The number of aryl methyl sites for hydroxylation is 1. The molecule has 0 aliphatic heterocycles. The van der Waals surface area contributed by atoms with Crippen LogP contribution in [0.25, 0.3) is 32.6 Å². The fraction of sp³-hybridized carbons (Fsp3) is 0.250. The molecular weight excluding hydrogens is 346 g/mol. The molecule has 0 atom stereocenters. The largest absolute Gasteiger partial charge is 0.328 e. The lowest BCUT2D eigenvalue weighted by Gasteiger charge is -2.16. The van der Waals surface area contributed by atoms with Gasteiger partial charge in [-0.3, -0.25) is 14.2 Å². The number of pyridine rings is 1. The zero-order valence-electron chi connectivity index (χ0n) is 14.9. The third kappa shape index (κ3) is 2.49. The zero-order chi connectivity index (χ0) is 18.4. The monoisotopic (exact) mass is 365 g/mol. The standard InChI is InChI=1S/C20H19N3O2S/c1-12(2)11-23-18(15-9-6-10-26-15)21-19-16(20(23)25)17(24)13-7-4-5-8-14(13)22(19)3/h4-10,12H,11H2,1-3H3. The molecule has 0 aliphatic carbocycles. The van der Waals surface area contributed by atoms with Gasteiger partial charge in [0, 0.05) is 19.0 Å². The lowest BCUT2D eigenvalue weighted by Crippen LogP contribution is -2.30. The first kappa shape index (κ1) is 16.7. The van der Waals surface area contributed by atoms with E-state index in [0.29, 0.717) is 23.4 Å². The molecule has 0 aliphatic rings. The molecule has 4 rings (SSSR count). The minimum absolute atomic E-state index is 0.159. The van der Waals surface area contributed by atoms with Gasteiger partial charge >= 0.3 is 0 Å². The molecule has 0 radical (unpaired) electrons. The van der Waals surface area contributed by atoms with Gasteiger partial charge in [-0.1, -0.05) is 32.0 Å². The van der Waals surface area contributed by atoms with E-state index in [0.717, 1.165) is 10.4 Å². The van der Waals surface area contributed by atoms with Crippen molar-refractivity contribution in [3.8, 4) is 10.7 Å². The first-order chi connectivity index (χ1) is 12.5. The van der Waals surface area contributed by atoms with Gasteiger partial charge in [-0.2, -0.15) is 0 Å². The van der Waals surface area contributed by atoms with Crippen LogP contribution in [-0.2, 0) is 13.6 Å². The second-order valence-electron chi connectivity index (χ2n) is 6.83. The molecule has 3 aromatic heterocycles. The Morgan fingerprint density at radius 1 is 1.12 bits per heavy atom. The number of rotatable bonds is 3. The summed E-state index contributed by atoms with van der Waals surface area (Å²) >= 11 is 1.54. The van der Waals surface area contributed by atoms with Crippen LogP contribution in [0.2, 0.25) is 0 Å². The molecule has 132 valence electrons. The van der Waals surface area contributed by atoms with E-state index in [4.69, 9.17) is 4.98 Å². The average Bonchev–Trinajstić information content (AvgIpc) is 3.15. The first-order valence-corrected chi connectivity index (χ1v) is 9.43. The van der Waals surface area contributed by atoms with Crippen molar-refractivity contribution in [2.24, 2.45) is 13.0 Å². The van der Waals surface area contributed by atoms with Crippen LogP contribution in [-0.4, -0.2) is 14.1 Å². The number of fused-ring (bicyclic) bond motifs is 2. The molecule has 0 N–H and O–H groups in total. The van der Waals surface area contributed by atoms with Crippen molar-refractivity contribution in [1.82, 2.24) is 14.1 Å². The molecule has 6 heteroatoms. The number of aromatic nitrogens is 3. The first-order valence-electron chi connectivity index (χ1n) is 8.55. The van der Waals surface area contributed by atoms with E-state index >= 15 is 0 Å². The Morgan fingerprint density at radius 3 is 2.58 bits per heavy atom. The summed E-state index contributed by atoms with van der Waals surface area (Å²) in [6.07, 6.45) is 0.